The van der Waals surface area contributed by atoms with Crippen molar-refractivity contribution in [2.75, 3.05) is 5.32 Å². The van der Waals surface area contributed by atoms with Gasteiger partial charge < -0.3 is 10.6 Å². The van der Waals surface area contributed by atoms with Crippen LogP contribution in [0.4, 0.5) is 14.5 Å². The van der Waals surface area contributed by atoms with Crippen molar-refractivity contribution in [2.45, 2.75) is 32.7 Å². The average molecular weight is 346 g/mol. The van der Waals surface area contributed by atoms with E-state index in [2.05, 4.69) is 10.6 Å². The summed E-state index contributed by atoms with van der Waals surface area (Å²) in [5.74, 6) is -1.55. The number of anilines is 1. The molecule has 0 saturated heterocycles. The molecule has 0 bridgehead atoms. The predicted octanol–water partition coefficient (Wildman–Crippen LogP) is 3.73. The molecule has 25 heavy (non-hydrogen) atoms. The predicted molar refractivity (Wildman–Crippen MR) is 92.0 cm³/mol. The Labute approximate surface area is 145 Å². The molecular weight excluding hydrogens is 326 g/mol. The van der Waals surface area contributed by atoms with Gasteiger partial charge in [0, 0.05) is 18.2 Å². The molecule has 0 saturated carbocycles. The molecule has 0 unspecified atom stereocenters. The first-order chi connectivity index (χ1) is 11.9. The first-order valence-corrected chi connectivity index (χ1v) is 8.00. The summed E-state index contributed by atoms with van der Waals surface area (Å²) in [4.78, 5) is 23.2. The molecule has 132 valence electrons. The number of nitrogens with one attached hydrogen (secondary N) is 2. The van der Waals surface area contributed by atoms with Crippen LogP contribution in [0.5, 0.6) is 0 Å². The zero-order valence-corrected chi connectivity index (χ0v) is 14.1. The van der Waals surface area contributed by atoms with Gasteiger partial charge in [0.1, 0.15) is 11.6 Å². The lowest BCUT2D eigenvalue weighted by Crippen LogP contribution is -2.30. The molecule has 0 aliphatic rings. The Balaban J connectivity index is 2.02. The Morgan fingerprint density at radius 3 is 2.36 bits per heavy atom. The van der Waals surface area contributed by atoms with Crippen LogP contribution in [-0.4, -0.2) is 11.8 Å². The van der Waals surface area contributed by atoms with E-state index < -0.39 is 17.7 Å². The van der Waals surface area contributed by atoms with Gasteiger partial charge >= 0.3 is 0 Å². The molecule has 0 aliphatic carbocycles. The zero-order chi connectivity index (χ0) is 18.4. The fourth-order valence-corrected chi connectivity index (χ4v) is 2.52. The molecule has 2 amide bonds. The summed E-state index contributed by atoms with van der Waals surface area (Å²) in [5, 5.41) is 5.37. The van der Waals surface area contributed by atoms with Crippen LogP contribution in [0.1, 0.15) is 37.4 Å². The number of hydrogen-bond donors (Lipinski definition) is 2. The van der Waals surface area contributed by atoms with Crippen molar-refractivity contribution in [2.24, 2.45) is 0 Å². The highest BCUT2D eigenvalue weighted by molar-refractivity contribution is 5.88. The monoisotopic (exact) mass is 346 g/mol. The highest BCUT2D eigenvalue weighted by Gasteiger charge is 2.17. The zero-order valence-electron chi connectivity index (χ0n) is 14.1. The molecule has 0 aromatic heterocycles. The van der Waals surface area contributed by atoms with Crippen LogP contribution in [0.2, 0.25) is 0 Å². The number of amides is 2. The molecule has 1 atom stereocenters. The summed E-state index contributed by atoms with van der Waals surface area (Å²) < 4.78 is 27.2. The van der Waals surface area contributed by atoms with Crippen molar-refractivity contribution in [3.63, 3.8) is 0 Å². The Bertz CT molecular complexity index is 761. The summed E-state index contributed by atoms with van der Waals surface area (Å²) in [5.41, 5.74) is 1.53. The number of halogens is 2. The number of benzene rings is 2. The fourth-order valence-electron chi connectivity index (χ4n) is 2.52. The Hall–Kier alpha value is -2.76. The van der Waals surface area contributed by atoms with Gasteiger partial charge in [-0.3, -0.25) is 9.59 Å². The van der Waals surface area contributed by atoms with E-state index in [1.165, 1.54) is 6.92 Å². The second-order valence-corrected chi connectivity index (χ2v) is 5.75. The standard InChI is InChI=1S/C19H20F2N2O2/c1-3-18(16-11-14(20)6-9-17(16)21)23-19(25)10-13-4-7-15(8-5-13)22-12(2)24/h4-9,11,18H,3,10H2,1-2H3,(H,22,24)(H,23,25)/t18-/m0/s1. The topological polar surface area (TPSA) is 58.2 Å². The third-order valence-corrected chi connectivity index (χ3v) is 3.72. The molecule has 2 N–H and O–H groups in total. The lowest BCUT2D eigenvalue weighted by atomic mass is 10.0. The Morgan fingerprint density at radius 2 is 1.76 bits per heavy atom. The van der Waals surface area contributed by atoms with Crippen LogP contribution >= 0.6 is 0 Å². The second kappa shape index (κ2) is 8.37. The molecule has 0 aliphatic heterocycles. The molecule has 6 heteroatoms. The summed E-state index contributed by atoms with van der Waals surface area (Å²) in [7, 11) is 0. The molecular formula is C19H20F2N2O2. The maximum atomic E-state index is 13.9. The van der Waals surface area contributed by atoms with Crippen LogP contribution in [0, 0.1) is 11.6 Å². The van der Waals surface area contributed by atoms with E-state index in [4.69, 9.17) is 0 Å². The van der Waals surface area contributed by atoms with Crippen molar-refractivity contribution < 1.29 is 18.4 Å². The smallest absolute Gasteiger partial charge is 0.224 e. The Kier molecular flexibility index (Phi) is 6.22. The minimum Gasteiger partial charge on any atom is -0.349 e. The van der Waals surface area contributed by atoms with Crippen LogP contribution in [0.3, 0.4) is 0 Å². The highest BCUT2D eigenvalue weighted by atomic mass is 19.1. The maximum Gasteiger partial charge on any atom is 0.224 e. The fraction of sp³-hybridized carbons (Fsp3) is 0.263. The summed E-state index contributed by atoms with van der Waals surface area (Å²) in [6.45, 7) is 3.20. The van der Waals surface area contributed by atoms with Gasteiger partial charge in [0.05, 0.1) is 12.5 Å². The molecule has 0 fully saturated rings. The van der Waals surface area contributed by atoms with Crippen LogP contribution in [0.25, 0.3) is 0 Å². The number of rotatable bonds is 6. The lowest BCUT2D eigenvalue weighted by molar-refractivity contribution is -0.121. The van der Waals surface area contributed by atoms with E-state index in [0.29, 0.717) is 12.1 Å². The van der Waals surface area contributed by atoms with E-state index >= 15 is 0 Å². The van der Waals surface area contributed by atoms with Crippen molar-refractivity contribution in [3.05, 3.63) is 65.2 Å². The van der Waals surface area contributed by atoms with Crippen molar-refractivity contribution in [3.8, 4) is 0 Å². The minimum absolute atomic E-state index is 0.105. The number of carbonyl (C=O) groups excluding carboxylic acids is 2. The van der Waals surface area contributed by atoms with Crippen LogP contribution in [-0.2, 0) is 16.0 Å². The molecule has 0 radical (unpaired) electrons. The second-order valence-electron chi connectivity index (χ2n) is 5.75. The van der Waals surface area contributed by atoms with Gasteiger partial charge in [0.15, 0.2) is 0 Å². The minimum atomic E-state index is -0.596. The SMILES string of the molecule is CC[C@H](NC(=O)Cc1ccc(NC(C)=O)cc1)c1cc(F)ccc1F. The molecule has 4 nitrogen and oxygen atoms in total. The molecule has 0 heterocycles. The molecule has 2 rings (SSSR count). The van der Waals surface area contributed by atoms with Gasteiger partial charge in [0.25, 0.3) is 0 Å². The van der Waals surface area contributed by atoms with Crippen molar-refractivity contribution >= 4 is 17.5 Å². The molecule has 0 spiro atoms. The number of carbonyl (C=O) groups is 2. The van der Waals surface area contributed by atoms with Gasteiger partial charge in [-0.1, -0.05) is 19.1 Å². The van der Waals surface area contributed by atoms with Gasteiger partial charge in [0.2, 0.25) is 11.8 Å². The third kappa shape index (κ3) is 5.38. The number of hydrogen-bond acceptors (Lipinski definition) is 2. The molecule has 2 aromatic rings. The van der Waals surface area contributed by atoms with Crippen molar-refractivity contribution in [1.82, 2.24) is 5.32 Å². The molecule has 2 aromatic carbocycles. The van der Waals surface area contributed by atoms with Crippen LogP contribution < -0.4 is 10.6 Å². The van der Waals surface area contributed by atoms with Gasteiger partial charge in [-0.05, 0) is 42.3 Å². The van der Waals surface area contributed by atoms with Crippen LogP contribution in [0.15, 0.2) is 42.5 Å². The van der Waals surface area contributed by atoms with Gasteiger partial charge in [-0.25, -0.2) is 8.78 Å². The van der Waals surface area contributed by atoms with E-state index in [0.717, 1.165) is 23.8 Å². The maximum absolute atomic E-state index is 13.9. The third-order valence-electron chi connectivity index (χ3n) is 3.72. The largest absolute Gasteiger partial charge is 0.349 e. The van der Waals surface area contributed by atoms with Crippen molar-refractivity contribution in [1.29, 1.82) is 0 Å². The van der Waals surface area contributed by atoms with E-state index in [1.807, 2.05) is 0 Å². The summed E-state index contributed by atoms with van der Waals surface area (Å²) in [6.07, 6.45) is 0.543. The van der Waals surface area contributed by atoms with E-state index in [-0.39, 0.29) is 23.8 Å². The highest BCUT2D eigenvalue weighted by Crippen LogP contribution is 2.21. The first-order valence-electron chi connectivity index (χ1n) is 8.00. The quantitative estimate of drug-likeness (QED) is 0.837. The lowest BCUT2D eigenvalue weighted by Gasteiger charge is -2.18. The first kappa shape index (κ1) is 18.6. The van der Waals surface area contributed by atoms with E-state index in [9.17, 15) is 18.4 Å². The van der Waals surface area contributed by atoms with Gasteiger partial charge in [-0.15, -0.1) is 0 Å². The summed E-state index contributed by atoms with van der Waals surface area (Å²) >= 11 is 0. The van der Waals surface area contributed by atoms with E-state index in [1.54, 1.807) is 31.2 Å². The normalized spacial score (nSPS) is 11.7. The average Bonchev–Trinajstić information content (AvgIpc) is 2.56. The van der Waals surface area contributed by atoms with Gasteiger partial charge in [-0.2, -0.15) is 0 Å². The Morgan fingerprint density at radius 1 is 1.08 bits per heavy atom. The summed E-state index contributed by atoms with van der Waals surface area (Å²) in [6, 6.07) is 9.47.